The second-order valence-corrected chi connectivity index (χ2v) is 7.49. The Morgan fingerprint density at radius 3 is 2.35 bits per heavy atom. The van der Waals surface area contributed by atoms with E-state index >= 15 is 0 Å². The lowest BCUT2D eigenvalue weighted by molar-refractivity contribution is -0.903. The van der Waals surface area contributed by atoms with Crippen LogP contribution >= 0.6 is 0 Å². The van der Waals surface area contributed by atoms with Crippen molar-refractivity contribution in [2.75, 3.05) is 51.6 Å². The number of para-hydroxylation sites is 1. The molecule has 1 aliphatic rings. The molecule has 0 aromatic heterocycles. The largest absolute Gasteiger partial charge is 0.332 e. The van der Waals surface area contributed by atoms with Crippen LogP contribution in [0.25, 0.3) is 0 Å². The van der Waals surface area contributed by atoms with Crippen molar-refractivity contribution in [3.05, 3.63) is 29.3 Å². The van der Waals surface area contributed by atoms with Gasteiger partial charge in [0.05, 0.1) is 39.8 Å². The first-order valence-electron chi connectivity index (χ1n) is 9.64. The van der Waals surface area contributed by atoms with E-state index in [1.54, 1.807) is 4.90 Å². The van der Waals surface area contributed by atoms with Crippen LogP contribution in [0.1, 0.15) is 25.0 Å². The summed E-state index contributed by atoms with van der Waals surface area (Å²) in [5.41, 5.74) is 2.98. The minimum Gasteiger partial charge on any atom is -0.332 e. The molecule has 1 saturated heterocycles. The maximum absolute atomic E-state index is 12.7. The van der Waals surface area contributed by atoms with Gasteiger partial charge in [-0.3, -0.25) is 9.59 Å². The molecule has 0 spiro atoms. The molecular formula is C20H34N4O2+2. The van der Waals surface area contributed by atoms with Crippen molar-refractivity contribution in [2.24, 2.45) is 0 Å². The number of hydrogen-bond acceptors (Lipinski definition) is 2. The summed E-state index contributed by atoms with van der Waals surface area (Å²) in [4.78, 5) is 29.6. The van der Waals surface area contributed by atoms with Gasteiger partial charge >= 0.3 is 0 Å². The standard InChI is InChI=1S/C20H32N4O2/c1-6-23-10-12-24(13-11-23)20(26)17(4)22(5)14-18(25)21-19-15(2)8-7-9-16(19)3/h7-9,17H,6,10-14H2,1-5H3,(H,21,25)/p+2/t17-/m1/s1. The average molecular weight is 363 g/mol. The molecule has 2 amide bonds. The molecule has 1 aromatic carbocycles. The predicted molar refractivity (Wildman–Crippen MR) is 104 cm³/mol. The van der Waals surface area contributed by atoms with Gasteiger partial charge in [-0.05, 0) is 38.8 Å². The van der Waals surface area contributed by atoms with Gasteiger partial charge in [-0.1, -0.05) is 18.2 Å². The number of piperazine rings is 1. The Kier molecular flexibility index (Phi) is 7.17. The number of nitrogens with zero attached hydrogens (tertiary/aromatic N) is 1. The number of aryl methyl sites for hydroxylation is 2. The quantitative estimate of drug-likeness (QED) is 0.601. The van der Waals surface area contributed by atoms with Crippen molar-refractivity contribution in [3.8, 4) is 0 Å². The average Bonchev–Trinajstić information content (AvgIpc) is 2.63. The van der Waals surface area contributed by atoms with Crippen LogP contribution in [-0.4, -0.2) is 69.1 Å². The Bertz CT molecular complexity index is 618. The molecule has 1 aromatic rings. The fourth-order valence-electron chi connectivity index (χ4n) is 3.48. The number of nitrogens with one attached hydrogen (secondary N) is 3. The number of amides is 2. The molecule has 1 aliphatic heterocycles. The van der Waals surface area contributed by atoms with E-state index in [0.717, 1.165) is 54.4 Å². The van der Waals surface area contributed by atoms with Crippen molar-refractivity contribution >= 4 is 17.5 Å². The Morgan fingerprint density at radius 2 is 1.81 bits per heavy atom. The van der Waals surface area contributed by atoms with Crippen LogP contribution in [0.15, 0.2) is 18.2 Å². The third-order valence-electron chi connectivity index (χ3n) is 5.58. The third-order valence-corrected chi connectivity index (χ3v) is 5.58. The van der Waals surface area contributed by atoms with Crippen molar-refractivity contribution < 1.29 is 19.4 Å². The Labute approximate surface area is 157 Å². The summed E-state index contributed by atoms with van der Waals surface area (Å²) in [6.45, 7) is 13.1. The Hall–Kier alpha value is -1.92. The van der Waals surface area contributed by atoms with E-state index in [9.17, 15) is 9.59 Å². The zero-order chi connectivity index (χ0) is 19.3. The molecule has 1 heterocycles. The fraction of sp³-hybridized carbons (Fsp3) is 0.600. The first kappa shape index (κ1) is 20.4. The van der Waals surface area contributed by atoms with Gasteiger partial charge in [0.25, 0.3) is 11.8 Å². The lowest BCUT2D eigenvalue weighted by Gasteiger charge is -2.33. The van der Waals surface area contributed by atoms with Crippen LogP contribution in [0, 0.1) is 13.8 Å². The van der Waals surface area contributed by atoms with E-state index < -0.39 is 0 Å². The number of likely N-dealkylation sites (N-methyl/N-ethyl adjacent to an activating group) is 2. The van der Waals surface area contributed by atoms with Gasteiger partial charge in [-0.25, -0.2) is 0 Å². The normalized spacial score (nSPS) is 17.7. The second kappa shape index (κ2) is 9.14. The maximum Gasteiger partial charge on any atom is 0.280 e. The summed E-state index contributed by atoms with van der Waals surface area (Å²) in [5, 5.41) is 3.01. The van der Waals surface area contributed by atoms with Crippen LogP contribution in [0.2, 0.25) is 0 Å². The molecule has 3 N–H and O–H groups in total. The molecule has 0 aliphatic carbocycles. The highest BCUT2D eigenvalue weighted by molar-refractivity contribution is 5.93. The van der Waals surface area contributed by atoms with Gasteiger partial charge < -0.3 is 20.0 Å². The van der Waals surface area contributed by atoms with Crippen LogP contribution in [0.5, 0.6) is 0 Å². The molecule has 26 heavy (non-hydrogen) atoms. The third kappa shape index (κ3) is 5.05. The highest BCUT2D eigenvalue weighted by Gasteiger charge is 2.31. The highest BCUT2D eigenvalue weighted by Crippen LogP contribution is 2.18. The molecule has 6 nitrogen and oxygen atoms in total. The predicted octanol–water partition coefficient (Wildman–Crippen LogP) is -1.11. The van der Waals surface area contributed by atoms with Gasteiger partial charge in [0, 0.05) is 5.69 Å². The van der Waals surface area contributed by atoms with E-state index in [2.05, 4.69) is 12.2 Å². The number of hydrogen-bond donors (Lipinski definition) is 3. The van der Waals surface area contributed by atoms with Crippen LogP contribution in [0.4, 0.5) is 5.69 Å². The number of benzene rings is 1. The molecule has 1 unspecified atom stereocenters. The van der Waals surface area contributed by atoms with E-state index in [0.29, 0.717) is 0 Å². The zero-order valence-corrected chi connectivity index (χ0v) is 16.8. The molecule has 2 rings (SSSR count). The summed E-state index contributed by atoms with van der Waals surface area (Å²) in [5.74, 6) is 0.0947. The van der Waals surface area contributed by atoms with Crippen molar-refractivity contribution in [1.82, 2.24) is 4.90 Å². The summed E-state index contributed by atoms with van der Waals surface area (Å²) in [6.07, 6.45) is 0. The summed E-state index contributed by atoms with van der Waals surface area (Å²) < 4.78 is 0. The Balaban J connectivity index is 1.89. The molecule has 2 atom stereocenters. The maximum atomic E-state index is 12.7. The molecule has 6 heteroatoms. The summed E-state index contributed by atoms with van der Waals surface area (Å²) >= 11 is 0. The first-order valence-corrected chi connectivity index (χ1v) is 9.64. The number of quaternary nitrogens is 2. The number of carbonyl (C=O) groups excluding carboxylic acids is 2. The van der Waals surface area contributed by atoms with Gasteiger partial charge in [-0.15, -0.1) is 0 Å². The van der Waals surface area contributed by atoms with Gasteiger partial charge in [0.1, 0.15) is 0 Å². The van der Waals surface area contributed by atoms with E-state index in [-0.39, 0.29) is 24.4 Å². The van der Waals surface area contributed by atoms with Crippen LogP contribution in [-0.2, 0) is 9.59 Å². The lowest BCUT2D eigenvalue weighted by atomic mass is 10.1. The van der Waals surface area contributed by atoms with Gasteiger partial charge in [0.15, 0.2) is 12.6 Å². The first-order chi connectivity index (χ1) is 12.3. The summed E-state index contributed by atoms with van der Waals surface area (Å²) in [6, 6.07) is 5.74. The molecule has 0 bridgehead atoms. The number of carbonyl (C=O) groups is 2. The van der Waals surface area contributed by atoms with Gasteiger partial charge in [-0.2, -0.15) is 0 Å². The molecule has 144 valence electrons. The number of rotatable bonds is 6. The summed E-state index contributed by atoms with van der Waals surface area (Å²) in [7, 11) is 1.92. The van der Waals surface area contributed by atoms with Crippen molar-refractivity contribution in [3.63, 3.8) is 0 Å². The fourth-order valence-corrected chi connectivity index (χ4v) is 3.48. The minimum absolute atomic E-state index is 0.0557. The monoisotopic (exact) mass is 362 g/mol. The number of anilines is 1. The molecule has 0 radical (unpaired) electrons. The van der Waals surface area contributed by atoms with E-state index in [4.69, 9.17) is 0 Å². The SMILES string of the molecule is CC[NH+]1CCN(C(=O)[C@@H](C)[NH+](C)CC(=O)Nc2c(C)cccc2C)CC1. The minimum atomic E-state index is -0.220. The van der Waals surface area contributed by atoms with Crippen LogP contribution < -0.4 is 15.1 Å². The van der Waals surface area contributed by atoms with E-state index in [1.807, 2.05) is 50.9 Å². The highest BCUT2D eigenvalue weighted by atomic mass is 16.2. The molecule has 1 fully saturated rings. The van der Waals surface area contributed by atoms with Crippen molar-refractivity contribution in [2.45, 2.75) is 33.7 Å². The molecule has 0 saturated carbocycles. The zero-order valence-electron chi connectivity index (χ0n) is 16.8. The van der Waals surface area contributed by atoms with Gasteiger partial charge in [0.2, 0.25) is 0 Å². The van der Waals surface area contributed by atoms with Crippen LogP contribution in [0.3, 0.4) is 0 Å². The lowest BCUT2D eigenvalue weighted by Crippen LogP contribution is -3.16. The smallest absolute Gasteiger partial charge is 0.280 e. The Morgan fingerprint density at radius 1 is 1.23 bits per heavy atom. The van der Waals surface area contributed by atoms with E-state index in [1.165, 1.54) is 0 Å². The topological polar surface area (TPSA) is 58.3 Å². The second-order valence-electron chi connectivity index (χ2n) is 7.49. The van der Waals surface area contributed by atoms with Crippen molar-refractivity contribution in [1.29, 1.82) is 0 Å². The molecular weight excluding hydrogens is 328 g/mol.